The van der Waals surface area contributed by atoms with Crippen molar-refractivity contribution in [2.45, 2.75) is 37.5 Å². The average Bonchev–Trinajstić information content (AvgIpc) is 3.30. The van der Waals surface area contributed by atoms with Crippen LogP contribution in [0.3, 0.4) is 0 Å². The molecular weight excluding hydrogens is 420 g/mol. The largest absolute Gasteiger partial charge is 0.490 e. The van der Waals surface area contributed by atoms with Crippen molar-refractivity contribution in [3.8, 4) is 0 Å². The monoisotopic (exact) mass is 440 g/mol. The highest BCUT2D eigenvalue weighted by Gasteiger charge is 2.45. The zero-order valence-corrected chi connectivity index (χ0v) is 16.3. The topological polar surface area (TPSA) is 86.6 Å². The van der Waals surface area contributed by atoms with E-state index in [1.165, 1.54) is 12.1 Å². The molecule has 0 saturated carbocycles. The third-order valence-electron chi connectivity index (χ3n) is 5.19. The van der Waals surface area contributed by atoms with Crippen LogP contribution in [-0.4, -0.2) is 63.2 Å². The van der Waals surface area contributed by atoms with Gasteiger partial charge in [-0.15, -0.1) is 0 Å². The van der Waals surface area contributed by atoms with Gasteiger partial charge in [-0.1, -0.05) is 12.1 Å². The first-order valence-corrected chi connectivity index (χ1v) is 9.54. The number of carbonyl (C=O) groups is 2. The lowest BCUT2D eigenvalue weighted by molar-refractivity contribution is -0.192. The predicted octanol–water partition coefficient (Wildman–Crippen LogP) is 2.67. The van der Waals surface area contributed by atoms with Crippen molar-refractivity contribution >= 4 is 17.8 Å². The minimum Gasteiger partial charge on any atom is -0.475 e. The van der Waals surface area contributed by atoms with Crippen molar-refractivity contribution in [2.75, 3.05) is 18.0 Å². The number of carboxylic acids is 1. The molecule has 3 heterocycles. The molecule has 2 aliphatic heterocycles. The summed E-state index contributed by atoms with van der Waals surface area (Å²) in [5.74, 6) is -2.24. The first-order chi connectivity index (χ1) is 14.7. The number of hydrogen-bond acceptors (Lipinski definition) is 5. The lowest BCUT2D eigenvalue weighted by Gasteiger charge is -2.25. The van der Waals surface area contributed by atoms with E-state index in [4.69, 9.17) is 9.90 Å². The van der Waals surface area contributed by atoms with Crippen molar-refractivity contribution < 1.29 is 32.3 Å². The fraction of sp³-hybridized carbons (Fsp3) is 0.400. The van der Waals surface area contributed by atoms with Gasteiger partial charge in [0, 0.05) is 25.5 Å². The number of hydrogen-bond donors (Lipinski definition) is 1. The number of amides is 1. The number of anilines is 1. The first kappa shape index (κ1) is 22.4. The maximum Gasteiger partial charge on any atom is 0.490 e. The van der Waals surface area contributed by atoms with Crippen LogP contribution < -0.4 is 4.90 Å². The summed E-state index contributed by atoms with van der Waals surface area (Å²) < 4.78 is 45.0. The van der Waals surface area contributed by atoms with Gasteiger partial charge >= 0.3 is 12.1 Å². The minimum atomic E-state index is -5.08. The Bertz CT molecular complexity index is 926. The van der Waals surface area contributed by atoms with Crippen LogP contribution >= 0.6 is 0 Å². The first-order valence-electron chi connectivity index (χ1n) is 9.54. The third kappa shape index (κ3) is 5.47. The van der Waals surface area contributed by atoms with Crippen LogP contribution in [0.1, 0.15) is 18.4 Å². The van der Waals surface area contributed by atoms with Crippen molar-refractivity contribution in [3.05, 3.63) is 54.1 Å². The van der Waals surface area contributed by atoms with E-state index in [0.29, 0.717) is 0 Å². The number of likely N-dealkylation sites (tertiary alicyclic amines) is 1. The Labute approximate surface area is 175 Å². The second-order valence-electron chi connectivity index (χ2n) is 7.15. The molecular formula is C20H20F4N4O3. The van der Waals surface area contributed by atoms with Crippen molar-refractivity contribution in [3.63, 3.8) is 0 Å². The summed E-state index contributed by atoms with van der Waals surface area (Å²) in [6.45, 7) is 1.61. The highest BCUT2D eigenvalue weighted by molar-refractivity contribution is 5.79. The average molecular weight is 440 g/mol. The summed E-state index contributed by atoms with van der Waals surface area (Å²) in [5, 5.41) is 7.12. The normalized spacial score (nSPS) is 20.1. The molecule has 1 N–H and O–H groups in total. The van der Waals surface area contributed by atoms with Crippen LogP contribution in [0, 0.1) is 5.82 Å². The van der Waals surface area contributed by atoms with Crippen molar-refractivity contribution in [1.82, 2.24) is 14.9 Å². The molecule has 2 aromatic rings. The number of carbonyl (C=O) groups excluding carboxylic acids is 1. The van der Waals surface area contributed by atoms with Crippen LogP contribution in [0.5, 0.6) is 0 Å². The molecule has 0 aliphatic carbocycles. The molecule has 0 spiro atoms. The maximum absolute atomic E-state index is 13.3. The van der Waals surface area contributed by atoms with Gasteiger partial charge in [0.2, 0.25) is 11.9 Å². The van der Waals surface area contributed by atoms with E-state index in [1.807, 2.05) is 4.90 Å². The number of halogens is 4. The fourth-order valence-electron chi connectivity index (χ4n) is 3.91. The van der Waals surface area contributed by atoms with E-state index in [0.717, 1.165) is 37.4 Å². The molecule has 2 fully saturated rings. The molecule has 1 aromatic carbocycles. The van der Waals surface area contributed by atoms with Gasteiger partial charge in [0.1, 0.15) is 5.82 Å². The maximum atomic E-state index is 13.3. The van der Waals surface area contributed by atoms with Crippen LogP contribution in [-0.2, 0) is 16.0 Å². The van der Waals surface area contributed by atoms with Gasteiger partial charge in [-0.2, -0.15) is 13.2 Å². The Kier molecular flexibility index (Phi) is 6.71. The van der Waals surface area contributed by atoms with E-state index in [-0.39, 0.29) is 30.2 Å². The Hall–Kier alpha value is -3.24. The standard InChI is InChI=1S/C18H19FN4O.C2HF3O2/c19-14-4-1-3-13(11-14)12-17(24)22-9-5-16-15(22)6-10-23(16)18-20-7-2-8-21-18;3-2(4,5)1(6)7/h1-4,7-8,11,15-16H,5-6,9-10,12H2;(H,6,7)/t15-,16+;/m1./s1. The molecule has 0 radical (unpaired) electrons. The summed E-state index contributed by atoms with van der Waals surface area (Å²) in [7, 11) is 0. The van der Waals surface area contributed by atoms with Crippen LogP contribution in [0.4, 0.5) is 23.5 Å². The number of benzene rings is 1. The minimum absolute atomic E-state index is 0.0731. The molecule has 2 atom stereocenters. The summed E-state index contributed by atoms with van der Waals surface area (Å²) in [5.41, 5.74) is 0.727. The van der Waals surface area contributed by atoms with Crippen molar-refractivity contribution in [2.24, 2.45) is 0 Å². The van der Waals surface area contributed by atoms with Gasteiger partial charge in [0.05, 0.1) is 18.5 Å². The molecule has 166 valence electrons. The van der Waals surface area contributed by atoms with Gasteiger partial charge < -0.3 is 14.9 Å². The van der Waals surface area contributed by atoms with E-state index in [2.05, 4.69) is 14.9 Å². The van der Waals surface area contributed by atoms with Crippen LogP contribution in [0.15, 0.2) is 42.7 Å². The molecule has 2 saturated heterocycles. The Morgan fingerprint density at radius 2 is 1.71 bits per heavy atom. The number of alkyl halides is 3. The number of aromatic nitrogens is 2. The lowest BCUT2D eigenvalue weighted by Crippen LogP contribution is -2.40. The molecule has 31 heavy (non-hydrogen) atoms. The van der Waals surface area contributed by atoms with E-state index >= 15 is 0 Å². The Balaban J connectivity index is 0.000000339. The Morgan fingerprint density at radius 1 is 1.06 bits per heavy atom. The highest BCUT2D eigenvalue weighted by atomic mass is 19.4. The SMILES string of the molecule is O=C(Cc1cccc(F)c1)N1CC[C@H]2[C@H]1CCN2c1ncccn1.O=C(O)C(F)(F)F. The molecule has 11 heteroatoms. The number of fused-ring (bicyclic) bond motifs is 1. The summed E-state index contributed by atoms with van der Waals surface area (Å²) >= 11 is 0. The van der Waals surface area contributed by atoms with Gasteiger partial charge in [-0.3, -0.25) is 4.79 Å². The molecule has 0 unspecified atom stereocenters. The second kappa shape index (κ2) is 9.27. The molecule has 0 bridgehead atoms. The zero-order valence-electron chi connectivity index (χ0n) is 16.3. The van der Waals surface area contributed by atoms with E-state index in [9.17, 15) is 22.4 Å². The highest BCUT2D eigenvalue weighted by Crippen LogP contribution is 2.33. The molecule has 4 rings (SSSR count). The smallest absolute Gasteiger partial charge is 0.475 e. The number of rotatable bonds is 3. The summed E-state index contributed by atoms with van der Waals surface area (Å²) in [6.07, 6.45) is 0.521. The quantitative estimate of drug-likeness (QED) is 0.739. The van der Waals surface area contributed by atoms with Gasteiger partial charge in [-0.05, 0) is 36.6 Å². The number of aliphatic carboxylic acids is 1. The molecule has 1 aromatic heterocycles. The van der Waals surface area contributed by atoms with Gasteiger partial charge in [-0.25, -0.2) is 19.2 Å². The molecule has 2 aliphatic rings. The third-order valence-corrected chi connectivity index (χ3v) is 5.19. The van der Waals surface area contributed by atoms with Crippen molar-refractivity contribution in [1.29, 1.82) is 0 Å². The van der Waals surface area contributed by atoms with E-state index < -0.39 is 12.1 Å². The number of carboxylic acid groups (broad SMARTS) is 1. The van der Waals surface area contributed by atoms with Gasteiger partial charge in [0.25, 0.3) is 0 Å². The Morgan fingerprint density at radius 3 is 2.32 bits per heavy atom. The fourth-order valence-corrected chi connectivity index (χ4v) is 3.91. The lowest BCUT2D eigenvalue weighted by atomic mass is 10.1. The predicted molar refractivity (Wildman–Crippen MR) is 102 cm³/mol. The summed E-state index contributed by atoms with van der Waals surface area (Å²) in [6, 6.07) is 8.57. The van der Waals surface area contributed by atoms with Crippen LogP contribution in [0.2, 0.25) is 0 Å². The second-order valence-corrected chi connectivity index (χ2v) is 7.15. The van der Waals surface area contributed by atoms with E-state index in [1.54, 1.807) is 30.6 Å². The molecule has 1 amide bonds. The molecule has 7 nitrogen and oxygen atoms in total. The zero-order chi connectivity index (χ0) is 22.6. The van der Waals surface area contributed by atoms with Gasteiger partial charge in [0.15, 0.2) is 0 Å². The van der Waals surface area contributed by atoms with Crippen LogP contribution in [0.25, 0.3) is 0 Å². The number of nitrogens with zero attached hydrogens (tertiary/aromatic N) is 4. The summed E-state index contributed by atoms with van der Waals surface area (Å²) in [4.78, 5) is 34.4.